The van der Waals surface area contributed by atoms with Crippen molar-refractivity contribution in [2.45, 2.75) is 13.0 Å². The Kier molecular flexibility index (Phi) is 5.06. The van der Waals surface area contributed by atoms with Gasteiger partial charge in [-0.3, -0.25) is 4.98 Å². The third-order valence-corrected chi connectivity index (χ3v) is 4.48. The highest BCUT2D eigenvalue weighted by Crippen LogP contribution is 2.27. The summed E-state index contributed by atoms with van der Waals surface area (Å²) in [6, 6.07) is 22.2. The quantitative estimate of drug-likeness (QED) is 0.503. The van der Waals surface area contributed by atoms with Crippen LogP contribution in [0.15, 0.2) is 85.2 Å². The lowest BCUT2D eigenvalue weighted by atomic mass is 10.1. The third-order valence-electron chi connectivity index (χ3n) is 4.48. The molecule has 5 heteroatoms. The molecule has 4 rings (SSSR count). The number of nitrogens with zero attached hydrogens (tertiary/aromatic N) is 3. The molecular weight excluding hydrogens is 351 g/mol. The highest BCUT2D eigenvalue weighted by molar-refractivity contribution is 5.68. The minimum absolute atomic E-state index is 0.0369. The summed E-state index contributed by atoms with van der Waals surface area (Å²) in [4.78, 5) is 13.3. The summed E-state index contributed by atoms with van der Waals surface area (Å²) in [5.74, 6) is 0.839. The van der Waals surface area contributed by atoms with E-state index in [4.69, 9.17) is 0 Å². The molecule has 1 unspecified atom stereocenters. The molecule has 0 aliphatic carbocycles. The molecule has 0 aliphatic heterocycles. The molecule has 0 bridgehead atoms. The van der Waals surface area contributed by atoms with Crippen LogP contribution in [-0.2, 0) is 0 Å². The molecule has 0 spiro atoms. The molecule has 2 heterocycles. The van der Waals surface area contributed by atoms with Gasteiger partial charge in [-0.1, -0.05) is 42.5 Å². The first-order valence-corrected chi connectivity index (χ1v) is 9.06. The number of hydrogen-bond donors (Lipinski definition) is 1. The van der Waals surface area contributed by atoms with E-state index in [2.05, 4.69) is 39.3 Å². The van der Waals surface area contributed by atoms with E-state index in [-0.39, 0.29) is 11.9 Å². The highest BCUT2D eigenvalue weighted by Gasteiger charge is 2.13. The van der Waals surface area contributed by atoms with Crippen molar-refractivity contribution < 1.29 is 4.39 Å². The van der Waals surface area contributed by atoms with Crippen LogP contribution in [0.2, 0.25) is 0 Å². The molecule has 0 aliphatic rings. The number of aromatic nitrogens is 3. The summed E-state index contributed by atoms with van der Waals surface area (Å²) in [7, 11) is 0. The van der Waals surface area contributed by atoms with Crippen LogP contribution in [0, 0.1) is 5.82 Å². The van der Waals surface area contributed by atoms with Crippen molar-refractivity contribution in [2.75, 3.05) is 5.32 Å². The molecule has 2 aromatic heterocycles. The number of benzene rings is 2. The van der Waals surface area contributed by atoms with Crippen LogP contribution in [0.5, 0.6) is 0 Å². The molecule has 0 radical (unpaired) electrons. The average molecular weight is 370 g/mol. The number of hydrogen-bond acceptors (Lipinski definition) is 4. The fourth-order valence-electron chi connectivity index (χ4n) is 3.01. The molecule has 28 heavy (non-hydrogen) atoms. The van der Waals surface area contributed by atoms with E-state index in [1.807, 2.05) is 30.3 Å². The second kappa shape index (κ2) is 7.96. The van der Waals surface area contributed by atoms with Gasteiger partial charge in [-0.25, -0.2) is 14.4 Å². The van der Waals surface area contributed by atoms with Crippen molar-refractivity contribution >= 4 is 5.82 Å². The van der Waals surface area contributed by atoms with E-state index in [1.54, 1.807) is 36.7 Å². The lowest BCUT2D eigenvalue weighted by Gasteiger charge is -2.16. The molecule has 4 nitrogen and oxygen atoms in total. The predicted molar refractivity (Wildman–Crippen MR) is 109 cm³/mol. The monoisotopic (exact) mass is 370 g/mol. The van der Waals surface area contributed by atoms with E-state index < -0.39 is 0 Å². The Bertz CT molecular complexity index is 1070. The molecule has 138 valence electrons. The van der Waals surface area contributed by atoms with Gasteiger partial charge in [-0.2, -0.15) is 0 Å². The minimum Gasteiger partial charge on any atom is -0.363 e. The molecular formula is C23H19FN4. The van der Waals surface area contributed by atoms with Gasteiger partial charge in [0.25, 0.3) is 0 Å². The molecule has 0 amide bonds. The smallest absolute Gasteiger partial charge is 0.162 e. The van der Waals surface area contributed by atoms with E-state index in [0.717, 1.165) is 11.1 Å². The SMILES string of the molecule is CC(Nc1cc(-c2ccccc2F)nc(-c2ccncc2)n1)c1ccccc1. The summed E-state index contributed by atoms with van der Waals surface area (Å²) >= 11 is 0. The fraction of sp³-hybridized carbons (Fsp3) is 0.0870. The van der Waals surface area contributed by atoms with Crippen molar-refractivity contribution in [3.05, 3.63) is 96.6 Å². The van der Waals surface area contributed by atoms with Crippen molar-refractivity contribution in [1.29, 1.82) is 0 Å². The Morgan fingerprint density at radius 1 is 0.857 bits per heavy atom. The largest absolute Gasteiger partial charge is 0.363 e. The van der Waals surface area contributed by atoms with E-state index >= 15 is 0 Å². The van der Waals surface area contributed by atoms with Crippen molar-refractivity contribution in [3.63, 3.8) is 0 Å². The zero-order valence-corrected chi connectivity index (χ0v) is 15.4. The lowest BCUT2D eigenvalue weighted by Crippen LogP contribution is -2.09. The van der Waals surface area contributed by atoms with Gasteiger partial charge in [0.05, 0.1) is 5.69 Å². The summed E-state index contributed by atoms with van der Waals surface area (Å²) in [6.07, 6.45) is 3.38. The third kappa shape index (κ3) is 3.88. The van der Waals surface area contributed by atoms with E-state index in [1.165, 1.54) is 6.07 Å². The van der Waals surface area contributed by atoms with Gasteiger partial charge in [-0.05, 0) is 36.8 Å². The zero-order valence-electron chi connectivity index (χ0n) is 15.4. The van der Waals surface area contributed by atoms with Crippen LogP contribution < -0.4 is 5.32 Å². The number of anilines is 1. The molecule has 0 saturated carbocycles. The first kappa shape index (κ1) is 17.8. The molecule has 4 aromatic rings. The fourth-order valence-corrected chi connectivity index (χ4v) is 3.01. The van der Waals surface area contributed by atoms with Crippen molar-refractivity contribution in [3.8, 4) is 22.6 Å². The van der Waals surface area contributed by atoms with E-state index in [9.17, 15) is 4.39 Å². The van der Waals surface area contributed by atoms with Gasteiger partial charge in [0.1, 0.15) is 11.6 Å². The maximum atomic E-state index is 14.4. The van der Waals surface area contributed by atoms with Gasteiger partial charge >= 0.3 is 0 Å². The van der Waals surface area contributed by atoms with Gasteiger partial charge in [-0.15, -0.1) is 0 Å². The molecule has 1 N–H and O–H groups in total. The van der Waals surface area contributed by atoms with Crippen molar-refractivity contribution in [2.24, 2.45) is 0 Å². The predicted octanol–water partition coefficient (Wildman–Crippen LogP) is 5.52. The van der Waals surface area contributed by atoms with Crippen molar-refractivity contribution in [1.82, 2.24) is 15.0 Å². The number of rotatable bonds is 5. The zero-order chi connectivity index (χ0) is 19.3. The standard InChI is InChI=1S/C23H19FN4/c1-16(17-7-3-2-4-8-17)26-22-15-21(19-9-5-6-10-20(19)24)27-23(28-22)18-11-13-25-14-12-18/h2-16H,1H3,(H,26,27,28). The normalized spacial score (nSPS) is 11.8. The summed E-state index contributed by atoms with van der Waals surface area (Å²) in [5.41, 5.74) is 2.93. The van der Waals surface area contributed by atoms with Gasteiger partial charge in [0.2, 0.25) is 0 Å². The Morgan fingerprint density at radius 3 is 2.32 bits per heavy atom. The second-order valence-corrected chi connectivity index (χ2v) is 6.45. The number of nitrogens with one attached hydrogen (secondary N) is 1. The van der Waals surface area contributed by atoms with Gasteiger partial charge < -0.3 is 5.32 Å². The Morgan fingerprint density at radius 2 is 1.57 bits per heavy atom. The maximum absolute atomic E-state index is 14.4. The summed E-state index contributed by atoms with van der Waals surface area (Å²) < 4.78 is 14.4. The maximum Gasteiger partial charge on any atom is 0.162 e. The molecule has 2 aromatic carbocycles. The second-order valence-electron chi connectivity index (χ2n) is 6.45. The Labute approximate surface area is 163 Å². The summed E-state index contributed by atoms with van der Waals surface area (Å²) in [5, 5.41) is 3.41. The van der Waals surface area contributed by atoms with Crippen LogP contribution in [-0.4, -0.2) is 15.0 Å². The van der Waals surface area contributed by atoms with Gasteiger partial charge in [0, 0.05) is 35.6 Å². The van der Waals surface area contributed by atoms with Crippen LogP contribution in [0.4, 0.5) is 10.2 Å². The molecule has 1 atom stereocenters. The van der Waals surface area contributed by atoms with Crippen LogP contribution in [0.1, 0.15) is 18.5 Å². The highest BCUT2D eigenvalue weighted by atomic mass is 19.1. The molecule has 0 saturated heterocycles. The van der Waals surface area contributed by atoms with Crippen LogP contribution in [0.3, 0.4) is 0 Å². The minimum atomic E-state index is -0.316. The topological polar surface area (TPSA) is 50.7 Å². The summed E-state index contributed by atoms with van der Waals surface area (Å²) in [6.45, 7) is 2.06. The van der Waals surface area contributed by atoms with Gasteiger partial charge in [0.15, 0.2) is 5.82 Å². The lowest BCUT2D eigenvalue weighted by molar-refractivity contribution is 0.630. The Hall–Kier alpha value is -3.60. The molecule has 0 fully saturated rings. The van der Waals surface area contributed by atoms with Crippen LogP contribution >= 0.6 is 0 Å². The van der Waals surface area contributed by atoms with Crippen LogP contribution in [0.25, 0.3) is 22.6 Å². The first-order chi connectivity index (χ1) is 13.7. The Balaban J connectivity index is 1.77. The van der Waals surface area contributed by atoms with E-state index in [0.29, 0.717) is 22.9 Å². The number of halogens is 1. The average Bonchev–Trinajstić information content (AvgIpc) is 2.75. The first-order valence-electron chi connectivity index (χ1n) is 9.06. The number of pyridine rings is 1.